The third kappa shape index (κ3) is 3.71. The minimum atomic E-state index is -0.900. The molecule has 1 fully saturated rings. The van der Waals surface area contributed by atoms with Gasteiger partial charge in [-0.2, -0.15) is 0 Å². The molecule has 0 spiro atoms. The molecular formula is C16H30O3. The van der Waals surface area contributed by atoms with E-state index in [1.807, 2.05) is 13.8 Å². The Bertz CT molecular complexity index is 310. The third-order valence-corrected chi connectivity index (χ3v) is 5.32. The van der Waals surface area contributed by atoms with Crippen molar-refractivity contribution in [1.82, 2.24) is 0 Å². The van der Waals surface area contributed by atoms with Gasteiger partial charge >= 0.3 is 5.97 Å². The van der Waals surface area contributed by atoms with Gasteiger partial charge in [0.25, 0.3) is 0 Å². The van der Waals surface area contributed by atoms with Gasteiger partial charge < -0.3 is 10.2 Å². The van der Waals surface area contributed by atoms with Crippen LogP contribution in [0, 0.1) is 23.2 Å². The van der Waals surface area contributed by atoms with Crippen molar-refractivity contribution in [3.05, 3.63) is 0 Å². The molecule has 0 aromatic carbocycles. The first-order chi connectivity index (χ1) is 8.61. The van der Waals surface area contributed by atoms with Crippen molar-refractivity contribution < 1.29 is 15.0 Å². The maximum absolute atomic E-state index is 11.7. The molecule has 0 aromatic heterocycles. The van der Waals surface area contributed by atoms with E-state index in [0.717, 1.165) is 12.8 Å². The molecule has 1 atom stereocenters. The van der Waals surface area contributed by atoms with E-state index in [4.69, 9.17) is 0 Å². The molecule has 1 aliphatic carbocycles. The SMILES string of the molecule is CC(C)C1CCC(CC(C)(O)C(C)C)(C(=O)O)CC1. The van der Waals surface area contributed by atoms with Crippen molar-refractivity contribution in [2.24, 2.45) is 23.2 Å². The van der Waals surface area contributed by atoms with Crippen LogP contribution in [0.5, 0.6) is 0 Å². The van der Waals surface area contributed by atoms with E-state index in [-0.39, 0.29) is 5.92 Å². The maximum Gasteiger partial charge on any atom is 0.309 e. The molecule has 3 nitrogen and oxygen atoms in total. The van der Waals surface area contributed by atoms with E-state index in [1.54, 1.807) is 6.92 Å². The number of carboxylic acids is 1. The van der Waals surface area contributed by atoms with Crippen molar-refractivity contribution in [3.63, 3.8) is 0 Å². The molecule has 0 amide bonds. The highest BCUT2D eigenvalue weighted by molar-refractivity contribution is 5.75. The van der Waals surface area contributed by atoms with Crippen LogP contribution in [-0.2, 0) is 4.79 Å². The summed E-state index contributed by atoms with van der Waals surface area (Å²) in [7, 11) is 0. The lowest BCUT2D eigenvalue weighted by Crippen LogP contribution is -2.45. The van der Waals surface area contributed by atoms with Crippen LogP contribution in [0.25, 0.3) is 0 Å². The highest BCUT2D eigenvalue weighted by atomic mass is 16.4. The zero-order chi connectivity index (χ0) is 14.8. The lowest BCUT2D eigenvalue weighted by Gasteiger charge is -2.43. The summed E-state index contributed by atoms with van der Waals surface area (Å²) in [5, 5.41) is 20.1. The molecule has 1 unspecified atom stereocenters. The monoisotopic (exact) mass is 270 g/mol. The molecule has 19 heavy (non-hydrogen) atoms. The number of rotatable bonds is 5. The molecule has 112 valence electrons. The number of hydrogen-bond acceptors (Lipinski definition) is 2. The summed E-state index contributed by atoms with van der Waals surface area (Å²) < 4.78 is 0. The van der Waals surface area contributed by atoms with Gasteiger partial charge in [-0.1, -0.05) is 27.7 Å². The average molecular weight is 270 g/mol. The van der Waals surface area contributed by atoms with Crippen molar-refractivity contribution in [3.8, 4) is 0 Å². The van der Waals surface area contributed by atoms with Crippen LogP contribution in [0.2, 0.25) is 0 Å². The first-order valence-corrected chi connectivity index (χ1v) is 7.56. The van der Waals surface area contributed by atoms with E-state index in [2.05, 4.69) is 13.8 Å². The normalized spacial score (nSPS) is 31.5. The summed E-state index contributed by atoms with van der Waals surface area (Å²) in [4.78, 5) is 11.7. The smallest absolute Gasteiger partial charge is 0.309 e. The van der Waals surface area contributed by atoms with E-state index >= 15 is 0 Å². The first kappa shape index (κ1) is 16.5. The van der Waals surface area contributed by atoms with Crippen LogP contribution in [0.4, 0.5) is 0 Å². The summed E-state index contributed by atoms with van der Waals surface area (Å²) in [5.74, 6) is 0.607. The van der Waals surface area contributed by atoms with E-state index in [0.29, 0.717) is 31.1 Å². The van der Waals surface area contributed by atoms with Gasteiger partial charge in [0.05, 0.1) is 11.0 Å². The van der Waals surface area contributed by atoms with Crippen LogP contribution in [0.1, 0.15) is 66.7 Å². The largest absolute Gasteiger partial charge is 0.481 e. The Kier molecular flexibility index (Phi) is 5.05. The van der Waals surface area contributed by atoms with Crippen LogP contribution >= 0.6 is 0 Å². The second-order valence-electron chi connectivity index (χ2n) is 7.36. The highest BCUT2D eigenvalue weighted by Gasteiger charge is 2.47. The second-order valence-corrected chi connectivity index (χ2v) is 7.36. The van der Waals surface area contributed by atoms with Gasteiger partial charge in [0.2, 0.25) is 0 Å². The number of carbonyl (C=O) groups is 1. The van der Waals surface area contributed by atoms with Gasteiger partial charge in [-0.15, -0.1) is 0 Å². The van der Waals surface area contributed by atoms with Gasteiger partial charge in [0, 0.05) is 0 Å². The molecule has 1 saturated carbocycles. The Balaban J connectivity index is 2.82. The summed E-state index contributed by atoms with van der Waals surface area (Å²) in [6.07, 6.45) is 3.72. The summed E-state index contributed by atoms with van der Waals surface area (Å²) in [6, 6.07) is 0. The zero-order valence-electron chi connectivity index (χ0n) is 13.1. The van der Waals surface area contributed by atoms with Gasteiger partial charge in [0.15, 0.2) is 0 Å². The number of carboxylic acid groups (broad SMARTS) is 1. The minimum Gasteiger partial charge on any atom is -0.481 e. The van der Waals surface area contributed by atoms with Gasteiger partial charge in [-0.25, -0.2) is 0 Å². The third-order valence-electron chi connectivity index (χ3n) is 5.32. The summed E-state index contributed by atoms with van der Waals surface area (Å²) >= 11 is 0. The Hall–Kier alpha value is -0.570. The minimum absolute atomic E-state index is 0.0755. The molecule has 1 rings (SSSR count). The van der Waals surface area contributed by atoms with Gasteiger partial charge in [0.1, 0.15) is 0 Å². The predicted molar refractivity (Wildman–Crippen MR) is 76.9 cm³/mol. The lowest BCUT2D eigenvalue weighted by atomic mass is 9.63. The molecule has 0 saturated heterocycles. The number of hydrogen-bond donors (Lipinski definition) is 2. The molecule has 3 heteroatoms. The predicted octanol–water partition coefficient (Wildman–Crippen LogP) is 3.70. The molecule has 2 N–H and O–H groups in total. The molecule has 0 aliphatic heterocycles. The Morgan fingerprint density at radius 3 is 2.05 bits per heavy atom. The molecule has 0 bridgehead atoms. The van der Waals surface area contributed by atoms with Crippen molar-refractivity contribution in [2.75, 3.05) is 0 Å². The topological polar surface area (TPSA) is 57.5 Å². The quantitative estimate of drug-likeness (QED) is 0.801. The van der Waals surface area contributed by atoms with E-state index in [9.17, 15) is 15.0 Å². The van der Waals surface area contributed by atoms with Crippen LogP contribution in [0.3, 0.4) is 0 Å². The maximum atomic E-state index is 11.7. The second kappa shape index (κ2) is 5.82. The van der Waals surface area contributed by atoms with Gasteiger partial charge in [-0.3, -0.25) is 4.79 Å². The van der Waals surface area contributed by atoms with Crippen molar-refractivity contribution in [2.45, 2.75) is 72.3 Å². The Morgan fingerprint density at radius 2 is 1.74 bits per heavy atom. The summed E-state index contributed by atoms with van der Waals surface area (Å²) in [6.45, 7) is 10.1. The van der Waals surface area contributed by atoms with Crippen LogP contribution in [0.15, 0.2) is 0 Å². The molecule has 0 aromatic rings. The Morgan fingerprint density at radius 1 is 1.26 bits per heavy atom. The fraction of sp³-hybridized carbons (Fsp3) is 0.938. The highest BCUT2D eigenvalue weighted by Crippen LogP contribution is 2.47. The summed E-state index contributed by atoms with van der Waals surface area (Å²) in [5.41, 5.74) is -1.62. The average Bonchev–Trinajstić information content (AvgIpc) is 2.28. The standard InChI is InChI=1S/C16H30O3/c1-11(2)13-6-8-16(9-7-13,14(17)18)10-15(5,19)12(3)4/h11-13,19H,6-10H2,1-5H3,(H,17,18). The Labute approximate surface area is 117 Å². The number of aliphatic hydroxyl groups is 1. The molecule has 0 heterocycles. The fourth-order valence-electron chi connectivity index (χ4n) is 3.21. The molecule has 1 aliphatic rings. The fourth-order valence-corrected chi connectivity index (χ4v) is 3.21. The zero-order valence-corrected chi connectivity index (χ0v) is 13.1. The first-order valence-electron chi connectivity index (χ1n) is 7.56. The molecular weight excluding hydrogens is 240 g/mol. The van der Waals surface area contributed by atoms with Crippen LogP contribution in [-0.4, -0.2) is 21.8 Å². The van der Waals surface area contributed by atoms with E-state index < -0.39 is 17.0 Å². The van der Waals surface area contributed by atoms with Crippen LogP contribution < -0.4 is 0 Å². The van der Waals surface area contributed by atoms with Gasteiger partial charge in [-0.05, 0) is 56.8 Å². The number of aliphatic carboxylic acids is 1. The van der Waals surface area contributed by atoms with E-state index in [1.165, 1.54) is 0 Å². The van der Waals surface area contributed by atoms with Crippen molar-refractivity contribution in [1.29, 1.82) is 0 Å². The lowest BCUT2D eigenvalue weighted by molar-refractivity contribution is -0.158. The molecule has 0 radical (unpaired) electrons. The van der Waals surface area contributed by atoms with Crippen molar-refractivity contribution >= 4 is 5.97 Å².